The minimum Gasteiger partial charge on any atom is -0.491 e. The zero-order chi connectivity index (χ0) is 18.1. The summed E-state index contributed by atoms with van der Waals surface area (Å²) in [4.78, 5) is 0. The molecule has 5 rings (SSSR count). The third kappa shape index (κ3) is 4.15. The third-order valence-electron chi connectivity index (χ3n) is 4.56. The van der Waals surface area contributed by atoms with Crippen LogP contribution < -0.4 is 9.47 Å². The van der Waals surface area contributed by atoms with Crippen molar-refractivity contribution in [2.24, 2.45) is 0 Å². The second kappa shape index (κ2) is 7.10. The highest BCUT2D eigenvalue weighted by atomic mass is 16.6. The maximum absolute atomic E-state index is 6.03. The van der Waals surface area contributed by atoms with Gasteiger partial charge in [0.2, 0.25) is 0 Å². The van der Waals surface area contributed by atoms with Crippen LogP contribution in [0.15, 0.2) is 65.1 Å². The summed E-state index contributed by atoms with van der Waals surface area (Å²) in [5.74, 6) is 3.34. The van der Waals surface area contributed by atoms with E-state index < -0.39 is 0 Å². The fourth-order valence-corrected chi connectivity index (χ4v) is 2.79. The molecular formula is C22H20O5. The number of ether oxygens (including phenoxy) is 4. The summed E-state index contributed by atoms with van der Waals surface area (Å²) in [5.41, 5.74) is 2.03. The molecule has 1 aromatic heterocycles. The van der Waals surface area contributed by atoms with E-state index in [0.717, 1.165) is 47.4 Å². The SMILES string of the molecule is c1cc(-c2ccc(-c3ccc(OCC4CO4)cc3)o2)ccc1OCC1CO1. The molecule has 27 heavy (non-hydrogen) atoms. The first-order chi connectivity index (χ1) is 13.3. The molecule has 5 nitrogen and oxygen atoms in total. The Labute approximate surface area is 157 Å². The van der Waals surface area contributed by atoms with Crippen LogP contribution in [-0.2, 0) is 9.47 Å². The van der Waals surface area contributed by atoms with E-state index in [-0.39, 0.29) is 12.2 Å². The van der Waals surface area contributed by atoms with Crippen LogP contribution in [-0.4, -0.2) is 38.6 Å². The highest BCUT2D eigenvalue weighted by Crippen LogP contribution is 2.30. The molecule has 2 saturated heterocycles. The number of hydrogen-bond acceptors (Lipinski definition) is 5. The minimum absolute atomic E-state index is 0.260. The lowest BCUT2D eigenvalue weighted by atomic mass is 10.1. The van der Waals surface area contributed by atoms with Gasteiger partial charge in [-0.15, -0.1) is 0 Å². The van der Waals surface area contributed by atoms with Crippen LogP contribution in [0.1, 0.15) is 0 Å². The van der Waals surface area contributed by atoms with Gasteiger partial charge in [0.05, 0.1) is 13.2 Å². The van der Waals surface area contributed by atoms with Crippen molar-refractivity contribution < 1.29 is 23.4 Å². The van der Waals surface area contributed by atoms with Crippen LogP contribution >= 0.6 is 0 Å². The summed E-state index contributed by atoms with van der Waals surface area (Å²) in [6, 6.07) is 19.8. The quantitative estimate of drug-likeness (QED) is 0.562. The first-order valence-electron chi connectivity index (χ1n) is 9.13. The van der Waals surface area contributed by atoms with Crippen LogP contribution in [0.3, 0.4) is 0 Å². The molecule has 138 valence electrons. The monoisotopic (exact) mass is 364 g/mol. The Balaban J connectivity index is 1.24. The fraction of sp³-hybridized carbons (Fsp3) is 0.273. The van der Waals surface area contributed by atoms with Crippen molar-refractivity contribution in [1.29, 1.82) is 0 Å². The average molecular weight is 364 g/mol. The van der Waals surface area contributed by atoms with Gasteiger partial charge in [-0.1, -0.05) is 0 Å². The van der Waals surface area contributed by atoms with E-state index in [1.54, 1.807) is 0 Å². The molecule has 0 N–H and O–H groups in total. The van der Waals surface area contributed by atoms with Gasteiger partial charge < -0.3 is 23.4 Å². The van der Waals surface area contributed by atoms with E-state index in [4.69, 9.17) is 23.4 Å². The van der Waals surface area contributed by atoms with Crippen LogP contribution in [0.25, 0.3) is 22.6 Å². The lowest BCUT2D eigenvalue weighted by Gasteiger charge is -2.05. The van der Waals surface area contributed by atoms with Gasteiger partial charge in [0, 0.05) is 11.1 Å². The number of hydrogen-bond donors (Lipinski definition) is 0. The summed E-state index contributed by atoms with van der Waals surface area (Å²) in [6.07, 6.45) is 0.521. The van der Waals surface area contributed by atoms with Crippen molar-refractivity contribution in [2.45, 2.75) is 12.2 Å². The summed E-state index contributed by atoms with van der Waals surface area (Å²) in [5, 5.41) is 0. The summed E-state index contributed by atoms with van der Waals surface area (Å²) < 4.78 is 27.7. The number of furan rings is 1. The van der Waals surface area contributed by atoms with Gasteiger partial charge in [0.1, 0.15) is 48.4 Å². The summed E-state index contributed by atoms with van der Waals surface area (Å²) >= 11 is 0. The Hall–Kier alpha value is -2.76. The van der Waals surface area contributed by atoms with Gasteiger partial charge in [-0.25, -0.2) is 0 Å². The van der Waals surface area contributed by atoms with Crippen molar-refractivity contribution in [3.05, 3.63) is 60.7 Å². The molecule has 2 aliphatic heterocycles. The summed E-state index contributed by atoms with van der Waals surface area (Å²) in [6.45, 7) is 2.82. The predicted molar refractivity (Wildman–Crippen MR) is 100 cm³/mol. The number of benzene rings is 2. The minimum atomic E-state index is 0.260. The van der Waals surface area contributed by atoms with Gasteiger partial charge in [-0.2, -0.15) is 0 Å². The maximum Gasteiger partial charge on any atom is 0.134 e. The first kappa shape index (κ1) is 16.4. The van der Waals surface area contributed by atoms with Crippen LogP contribution in [0.5, 0.6) is 11.5 Å². The average Bonchev–Trinajstić information content (AvgIpc) is 3.65. The molecule has 3 heterocycles. The molecule has 0 spiro atoms. The smallest absolute Gasteiger partial charge is 0.134 e. The normalized spacial score (nSPS) is 20.3. The van der Waals surface area contributed by atoms with Gasteiger partial charge in [0.15, 0.2) is 0 Å². The molecule has 0 amide bonds. The largest absolute Gasteiger partial charge is 0.491 e. The van der Waals surface area contributed by atoms with E-state index in [1.165, 1.54) is 0 Å². The first-order valence-corrected chi connectivity index (χ1v) is 9.13. The lowest BCUT2D eigenvalue weighted by molar-refractivity contribution is 0.263. The van der Waals surface area contributed by atoms with Crippen molar-refractivity contribution in [3.63, 3.8) is 0 Å². The highest BCUT2D eigenvalue weighted by Gasteiger charge is 2.23. The van der Waals surface area contributed by atoms with E-state index in [2.05, 4.69) is 0 Å². The number of epoxide rings is 2. The van der Waals surface area contributed by atoms with Crippen LogP contribution in [0, 0.1) is 0 Å². The molecule has 2 atom stereocenters. The Bertz CT molecular complexity index is 815. The molecule has 2 fully saturated rings. The maximum atomic E-state index is 6.03. The summed E-state index contributed by atoms with van der Waals surface area (Å²) in [7, 11) is 0. The van der Waals surface area contributed by atoms with E-state index >= 15 is 0 Å². The van der Waals surface area contributed by atoms with Crippen molar-refractivity contribution in [1.82, 2.24) is 0 Å². The van der Waals surface area contributed by atoms with Gasteiger partial charge in [-0.05, 0) is 60.7 Å². The van der Waals surface area contributed by atoms with Gasteiger partial charge in [-0.3, -0.25) is 0 Å². The predicted octanol–water partition coefficient (Wildman–Crippen LogP) is 4.17. The van der Waals surface area contributed by atoms with Crippen LogP contribution in [0.4, 0.5) is 0 Å². The number of rotatable bonds is 8. The van der Waals surface area contributed by atoms with Gasteiger partial charge in [0.25, 0.3) is 0 Å². The molecule has 0 bridgehead atoms. The third-order valence-corrected chi connectivity index (χ3v) is 4.56. The molecular weight excluding hydrogens is 344 g/mol. The standard InChI is InChI=1S/C22H20O5/c1-5-17(23-11-19-13-25-19)6-2-15(1)21-9-10-22(27-21)16-3-7-18(8-4-16)24-12-20-14-26-20/h1-10,19-20H,11-14H2. The van der Waals surface area contributed by atoms with E-state index in [1.807, 2.05) is 60.7 Å². The van der Waals surface area contributed by atoms with Crippen molar-refractivity contribution >= 4 is 0 Å². The Kier molecular flexibility index (Phi) is 4.32. The van der Waals surface area contributed by atoms with Crippen LogP contribution in [0.2, 0.25) is 0 Å². The fourth-order valence-electron chi connectivity index (χ4n) is 2.79. The molecule has 0 radical (unpaired) electrons. The topological polar surface area (TPSA) is 56.7 Å². The second-order valence-electron chi connectivity index (χ2n) is 6.75. The zero-order valence-corrected chi connectivity index (χ0v) is 14.8. The Morgan fingerprint density at radius 1 is 0.630 bits per heavy atom. The zero-order valence-electron chi connectivity index (χ0n) is 14.8. The molecule has 3 aromatic rings. The van der Waals surface area contributed by atoms with E-state index in [0.29, 0.717) is 13.2 Å². The van der Waals surface area contributed by atoms with Gasteiger partial charge >= 0.3 is 0 Å². The second-order valence-corrected chi connectivity index (χ2v) is 6.75. The molecule has 2 unspecified atom stereocenters. The van der Waals surface area contributed by atoms with Crippen molar-refractivity contribution in [2.75, 3.05) is 26.4 Å². The Morgan fingerprint density at radius 3 is 1.41 bits per heavy atom. The van der Waals surface area contributed by atoms with E-state index in [9.17, 15) is 0 Å². The molecule has 0 aliphatic carbocycles. The molecule has 0 saturated carbocycles. The molecule has 2 aromatic carbocycles. The molecule has 2 aliphatic rings. The lowest BCUT2D eigenvalue weighted by Crippen LogP contribution is -2.03. The highest BCUT2D eigenvalue weighted by molar-refractivity contribution is 5.65. The Morgan fingerprint density at radius 2 is 1.04 bits per heavy atom. The molecule has 5 heteroatoms. The van der Waals surface area contributed by atoms with Crippen molar-refractivity contribution in [3.8, 4) is 34.1 Å².